The molecule has 1 fully saturated rings. The first-order chi connectivity index (χ1) is 12.7. The van der Waals surface area contributed by atoms with Gasteiger partial charge in [0.25, 0.3) is 5.88 Å². The number of nitrogens with zero attached hydrogens (tertiary/aromatic N) is 2. The average Bonchev–Trinajstić information content (AvgIpc) is 2.94. The molecule has 1 aromatic heterocycles. The van der Waals surface area contributed by atoms with Gasteiger partial charge in [-0.3, -0.25) is 4.89 Å². The van der Waals surface area contributed by atoms with Crippen LogP contribution in [0.15, 0.2) is 42.8 Å². The maximum Gasteiger partial charge on any atom is 0.250 e. The van der Waals surface area contributed by atoms with Gasteiger partial charge in [0.05, 0.1) is 0 Å². The van der Waals surface area contributed by atoms with Crippen molar-refractivity contribution in [1.29, 1.82) is 0 Å². The molecule has 1 aliphatic rings. The summed E-state index contributed by atoms with van der Waals surface area (Å²) in [6.45, 7) is 5.63. The summed E-state index contributed by atoms with van der Waals surface area (Å²) in [5.41, 5.74) is 5.36. The maximum absolute atomic E-state index is 10.1. The van der Waals surface area contributed by atoms with E-state index in [4.69, 9.17) is 17.2 Å². The van der Waals surface area contributed by atoms with E-state index >= 15 is 0 Å². The molecule has 26 heavy (non-hydrogen) atoms. The highest BCUT2D eigenvalue weighted by Crippen LogP contribution is 2.26. The van der Waals surface area contributed by atoms with Crippen molar-refractivity contribution in [3.8, 4) is 5.88 Å². The smallest absolute Gasteiger partial charge is 0.250 e. The number of anilines is 1. The predicted molar refractivity (Wildman–Crippen MR) is 108 cm³/mol. The first-order valence-corrected chi connectivity index (χ1v) is 9.58. The van der Waals surface area contributed by atoms with Crippen molar-refractivity contribution in [3.05, 3.63) is 57.2 Å². The number of aromatic nitrogens is 1. The largest absolute Gasteiger partial charge is 0.491 e. The van der Waals surface area contributed by atoms with Crippen molar-refractivity contribution in [2.45, 2.75) is 19.3 Å². The number of thiazole rings is 1. The van der Waals surface area contributed by atoms with Crippen LogP contribution in [0.2, 0.25) is 0 Å². The molecule has 136 valence electrons. The second-order valence-corrected chi connectivity index (χ2v) is 7.46. The minimum Gasteiger partial charge on any atom is -0.491 e. The molecule has 0 bridgehead atoms. The summed E-state index contributed by atoms with van der Waals surface area (Å²) in [4.78, 5) is 12.4. The van der Waals surface area contributed by atoms with E-state index in [0.717, 1.165) is 29.6 Å². The Morgan fingerprint density at radius 3 is 2.58 bits per heavy atom. The van der Waals surface area contributed by atoms with Gasteiger partial charge in [-0.25, -0.2) is 0 Å². The average molecular weight is 389 g/mol. The van der Waals surface area contributed by atoms with Crippen LogP contribution in [0.25, 0.3) is 12.2 Å². The highest BCUT2D eigenvalue weighted by molar-refractivity contribution is 7.73. The van der Waals surface area contributed by atoms with E-state index in [1.54, 1.807) is 6.08 Å². The first kappa shape index (κ1) is 18.3. The zero-order valence-electron chi connectivity index (χ0n) is 14.3. The Morgan fingerprint density at radius 1 is 1.15 bits per heavy atom. The zero-order valence-corrected chi connectivity index (χ0v) is 15.9. The standard InChI is InChI=1S/C19H20N2O3S2/c1-2-23-24-21-18(22)17(26-19(21)25)8-6-7-15-9-11-16(12-10-15)20-13-4-3-5-14-20/h2,7-12,22H,1,3-5,13-14H2. The topological polar surface area (TPSA) is 46.9 Å². The molecule has 0 unspecified atom stereocenters. The molecule has 2 heterocycles. The predicted octanol–water partition coefficient (Wildman–Crippen LogP) is 4.80. The summed E-state index contributed by atoms with van der Waals surface area (Å²) in [5, 5.41) is 10.1. The van der Waals surface area contributed by atoms with Gasteiger partial charge in [-0.05, 0) is 55.3 Å². The van der Waals surface area contributed by atoms with Gasteiger partial charge in [0, 0.05) is 24.9 Å². The van der Waals surface area contributed by atoms with E-state index in [0.29, 0.717) is 8.83 Å². The monoisotopic (exact) mass is 388 g/mol. The number of piperidine rings is 1. The van der Waals surface area contributed by atoms with E-state index in [-0.39, 0.29) is 5.88 Å². The van der Waals surface area contributed by atoms with Crippen LogP contribution in [0, 0.1) is 3.95 Å². The molecule has 1 saturated heterocycles. The lowest BCUT2D eigenvalue weighted by molar-refractivity contribution is -0.251. The molecule has 0 radical (unpaired) electrons. The Kier molecular flexibility index (Phi) is 6.17. The normalized spacial score (nSPS) is 13.6. The van der Waals surface area contributed by atoms with Crippen LogP contribution in [-0.4, -0.2) is 22.9 Å². The first-order valence-electron chi connectivity index (χ1n) is 8.36. The van der Waals surface area contributed by atoms with Crippen LogP contribution in [0.5, 0.6) is 5.88 Å². The summed E-state index contributed by atoms with van der Waals surface area (Å²) in [7, 11) is 0. The lowest BCUT2D eigenvalue weighted by Gasteiger charge is -2.28. The Hall–Kier alpha value is -2.47. The van der Waals surface area contributed by atoms with Gasteiger partial charge in [-0.2, -0.15) is 4.99 Å². The molecule has 2 aromatic rings. The van der Waals surface area contributed by atoms with Crippen LogP contribution in [0.3, 0.4) is 0 Å². The van der Waals surface area contributed by atoms with Crippen molar-refractivity contribution in [3.63, 3.8) is 0 Å². The lowest BCUT2D eigenvalue weighted by Crippen LogP contribution is -2.29. The van der Waals surface area contributed by atoms with Gasteiger partial charge in [0.2, 0.25) is 3.95 Å². The van der Waals surface area contributed by atoms with Gasteiger partial charge >= 0.3 is 0 Å². The summed E-state index contributed by atoms with van der Waals surface area (Å²) < 4.78 is 1.34. The molecule has 3 rings (SSSR count). The second kappa shape index (κ2) is 8.76. The fourth-order valence-corrected chi connectivity index (χ4v) is 3.82. The van der Waals surface area contributed by atoms with E-state index < -0.39 is 0 Å². The van der Waals surface area contributed by atoms with Crippen LogP contribution >= 0.6 is 23.6 Å². The number of hydrogen-bond donors (Lipinski definition) is 1. The third-order valence-corrected chi connectivity index (χ3v) is 5.32. The second-order valence-electron chi connectivity index (χ2n) is 5.78. The summed E-state index contributed by atoms with van der Waals surface area (Å²) >= 11 is 6.31. The quantitative estimate of drug-likeness (QED) is 0.253. The van der Waals surface area contributed by atoms with Crippen molar-refractivity contribution in [2.75, 3.05) is 18.0 Å². The molecule has 0 amide bonds. The minimum atomic E-state index is -0.136. The summed E-state index contributed by atoms with van der Waals surface area (Å²) in [5.74, 6) is -0.136. The Bertz CT molecular complexity index is 871. The third kappa shape index (κ3) is 4.38. The Morgan fingerprint density at radius 2 is 1.88 bits per heavy atom. The highest BCUT2D eigenvalue weighted by atomic mass is 32.1. The van der Waals surface area contributed by atoms with E-state index in [2.05, 4.69) is 46.4 Å². The third-order valence-electron chi connectivity index (χ3n) is 4.04. The minimum absolute atomic E-state index is 0.136. The Balaban J connectivity index is 1.71. The summed E-state index contributed by atoms with van der Waals surface area (Å²) in [6.07, 6.45) is 8.47. The molecule has 1 aromatic carbocycles. The van der Waals surface area contributed by atoms with Crippen LogP contribution in [-0.2, 0) is 4.89 Å². The van der Waals surface area contributed by atoms with Crippen molar-refractivity contribution < 1.29 is 15.0 Å². The van der Waals surface area contributed by atoms with Crippen molar-refractivity contribution in [1.82, 2.24) is 4.73 Å². The van der Waals surface area contributed by atoms with E-state index in [1.165, 1.54) is 36.3 Å². The molecule has 7 heteroatoms. The SMILES string of the molecule is C=COOn1c(O)c(C=C=Cc2ccc(N3CCCCC3)cc2)sc1=S. The van der Waals surface area contributed by atoms with Gasteiger partial charge < -0.3 is 10.0 Å². The molecule has 0 aliphatic carbocycles. The maximum atomic E-state index is 10.1. The van der Waals surface area contributed by atoms with Gasteiger partial charge in [-0.15, -0.1) is 5.73 Å². The van der Waals surface area contributed by atoms with Crippen molar-refractivity contribution in [2.24, 2.45) is 0 Å². The molecule has 0 spiro atoms. The van der Waals surface area contributed by atoms with Gasteiger partial charge in [0.15, 0.2) is 0 Å². The van der Waals surface area contributed by atoms with Crippen molar-refractivity contribution >= 4 is 41.4 Å². The lowest BCUT2D eigenvalue weighted by atomic mass is 10.1. The Labute approximate surface area is 161 Å². The van der Waals surface area contributed by atoms with E-state index in [9.17, 15) is 5.11 Å². The van der Waals surface area contributed by atoms with Crippen LogP contribution in [0.4, 0.5) is 5.69 Å². The fraction of sp³-hybridized carbons (Fsp3) is 0.263. The summed E-state index contributed by atoms with van der Waals surface area (Å²) in [6, 6.07) is 8.41. The molecule has 1 N–H and O–H groups in total. The number of aromatic hydroxyl groups is 1. The molecular weight excluding hydrogens is 368 g/mol. The fourth-order valence-electron chi connectivity index (χ4n) is 2.75. The van der Waals surface area contributed by atoms with Crippen LogP contribution < -0.4 is 9.89 Å². The highest BCUT2D eigenvalue weighted by Gasteiger charge is 2.12. The number of rotatable bonds is 6. The molecule has 1 aliphatic heterocycles. The van der Waals surface area contributed by atoms with E-state index in [1.807, 2.05) is 6.08 Å². The molecule has 5 nitrogen and oxygen atoms in total. The number of hydrogen-bond acceptors (Lipinski definition) is 6. The van der Waals surface area contributed by atoms with Gasteiger partial charge in [-0.1, -0.05) is 34.8 Å². The van der Waals surface area contributed by atoms with Crippen LogP contribution in [0.1, 0.15) is 29.7 Å². The number of benzene rings is 1. The molecular formula is C19H20N2O3S2. The van der Waals surface area contributed by atoms with Gasteiger partial charge in [0.1, 0.15) is 11.1 Å². The molecule has 0 saturated carbocycles. The zero-order chi connectivity index (χ0) is 18.4. The molecule has 0 atom stereocenters.